The van der Waals surface area contributed by atoms with Gasteiger partial charge < -0.3 is 5.11 Å². The summed E-state index contributed by atoms with van der Waals surface area (Å²) in [6, 6.07) is 3.08. The van der Waals surface area contributed by atoms with Gasteiger partial charge in [-0.05, 0) is 29.6 Å². The zero-order valence-corrected chi connectivity index (χ0v) is 11.6. The van der Waals surface area contributed by atoms with Crippen LogP contribution in [0.3, 0.4) is 0 Å². The molecule has 0 unspecified atom stereocenters. The Kier molecular flexibility index (Phi) is 3.63. The number of thiophene rings is 1. The number of H-pyrrole nitrogens is 1. The summed E-state index contributed by atoms with van der Waals surface area (Å²) < 4.78 is 1.91. The van der Waals surface area contributed by atoms with Crippen LogP contribution in [-0.2, 0) is 4.79 Å². The summed E-state index contributed by atoms with van der Waals surface area (Å²) in [5.41, 5.74) is 0. The van der Waals surface area contributed by atoms with Gasteiger partial charge in [-0.15, -0.1) is 11.3 Å². The number of carboxylic acids is 1. The van der Waals surface area contributed by atoms with Crippen LogP contribution in [0.15, 0.2) is 17.5 Å². The second kappa shape index (κ2) is 5.03. The van der Waals surface area contributed by atoms with E-state index in [0.29, 0.717) is 10.6 Å². The summed E-state index contributed by atoms with van der Waals surface area (Å²) in [5, 5.41) is 18.1. The molecule has 5 nitrogen and oxygen atoms in total. The molecule has 0 fully saturated rings. The molecule has 0 radical (unpaired) electrons. The highest BCUT2D eigenvalue weighted by molar-refractivity contribution is 7.71. The molecule has 2 heterocycles. The van der Waals surface area contributed by atoms with Crippen molar-refractivity contribution in [2.45, 2.75) is 19.9 Å². The molecule has 1 atom stereocenters. The Labute approximate surface area is 113 Å². The summed E-state index contributed by atoms with van der Waals surface area (Å²) in [6.07, 6.45) is 0. The third-order valence-corrected chi connectivity index (χ3v) is 3.76. The number of carbonyl (C=O) groups is 1. The number of aliphatic carboxylic acids is 1. The van der Waals surface area contributed by atoms with Gasteiger partial charge in [0.1, 0.15) is 6.04 Å². The summed E-state index contributed by atoms with van der Waals surface area (Å²) in [7, 11) is 0. The van der Waals surface area contributed by atoms with Crippen molar-refractivity contribution in [1.29, 1.82) is 0 Å². The maximum Gasteiger partial charge on any atom is 0.327 e. The minimum Gasteiger partial charge on any atom is -0.480 e. The Morgan fingerprint density at radius 2 is 2.33 bits per heavy atom. The first-order valence-corrected chi connectivity index (χ1v) is 6.74. The second-order valence-corrected chi connectivity index (χ2v) is 5.56. The molecule has 7 heteroatoms. The fraction of sp³-hybridized carbons (Fsp3) is 0.364. The van der Waals surface area contributed by atoms with Gasteiger partial charge in [-0.2, -0.15) is 5.10 Å². The number of nitrogens with one attached hydrogen (secondary N) is 1. The topological polar surface area (TPSA) is 70.9 Å². The summed E-state index contributed by atoms with van der Waals surface area (Å²) in [6.45, 7) is 3.71. The van der Waals surface area contributed by atoms with E-state index < -0.39 is 12.0 Å². The van der Waals surface area contributed by atoms with Gasteiger partial charge >= 0.3 is 5.97 Å². The van der Waals surface area contributed by atoms with E-state index in [2.05, 4.69) is 10.2 Å². The van der Waals surface area contributed by atoms with E-state index in [-0.39, 0.29) is 5.92 Å². The molecular weight excluding hydrogens is 270 g/mol. The lowest BCUT2D eigenvalue weighted by Crippen LogP contribution is -2.25. The standard InChI is InChI=1S/C11H13N3O2S2/c1-6(2)8(10(15)16)14-9(12-13-11(14)17)7-4-3-5-18-7/h3-6,8H,1-2H3,(H,13,17)(H,15,16)/t8-/m1/s1. The number of aromatic nitrogens is 3. The summed E-state index contributed by atoms with van der Waals surface area (Å²) in [5.74, 6) is -0.401. The molecule has 2 N–H and O–H groups in total. The molecule has 18 heavy (non-hydrogen) atoms. The minimum absolute atomic E-state index is 0.0782. The number of nitrogens with zero attached hydrogens (tertiary/aromatic N) is 2. The molecule has 96 valence electrons. The number of rotatable bonds is 4. The van der Waals surface area contributed by atoms with Crippen LogP contribution >= 0.6 is 23.6 Å². The van der Waals surface area contributed by atoms with Crippen molar-refractivity contribution in [3.8, 4) is 10.7 Å². The van der Waals surface area contributed by atoms with Gasteiger partial charge in [0.25, 0.3) is 0 Å². The molecule has 2 aromatic heterocycles. The molecular formula is C11H13N3O2S2. The SMILES string of the molecule is CC(C)[C@H](C(=O)O)n1c(-c2cccs2)n[nH]c1=S. The van der Waals surface area contributed by atoms with Gasteiger partial charge in [-0.1, -0.05) is 19.9 Å². The fourth-order valence-electron chi connectivity index (χ4n) is 1.84. The highest BCUT2D eigenvalue weighted by Gasteiger charge is 2.27. The predicted molar refractivity (Wildman–Crippen MR) is 72.2 cm³/mol. The number of aromatic amines is 1. The van der Waals surface area contributed by atoms with Gasteiger partial charge in [0, 0.05) is 0 Å². The molecule has 2 rings (SSSR count). The van der Waals surface area contributed by atoms with Crippen molar-refractivity contribution in [1.82, 2.24) is 14.8 Å². The zero-order valence-electron chi connectivity index (χ0n) is 9.95. The van der Waals surface area contributed by atoms with Crippen molar-refractivity contribution in [2.24, 2.45) is 5.92 Å². The largest absolute Gasteiger partial charge is 0.480 e. The second-order valence-electron chi connectivity index (χ2n) is 4.23. The van der Waals surface area contributed by atoms with E-state index in [1.165, 1.54) is 11.3 Å². The Morgan fingerprint density at radius 3 is 2.83 bits per heavy atom. The number of hydrogen-bond acceptors (Lipinski definition) is 4. The summed E-state index contributed by atoms with van der Waals surface area (Å²) >= 11 is 6.65. The maximum absolute atomic E-state index is 11.4. The van der Waals surface area contributed by atoms with Crippen molar-refractivity contribution in [2.75, 3.05) is 0 Å². The molecule has 0 saturated heterocycles. The van der Waals surface area contributed by atoms with E-state index in [9.17, 15) is 9.90 Å². The zero-order chi connectivity index (χ0) is 13.3. The lowest BCUT2D eigenvalue weighted by Gasteiger charge is -2.18. The van der Waals surface area contributed by atoms with Crippen molar-refractivity contribution < 1.29 is 9.90 Å². The molecule has 2 aromatic rings. The lowest BCUT2D eigenvalue weighted by atomic mass is 10.0. The maximum atomic E-state index is 11.4. The van der Waals surface area contributed by atoms with Crippen LogP contribution in [0.5, 0.6) is 0 Å². The molecule has 0 aliphatic carbocycles. The van der Waals surface area contributed by atoms with Gasteiger partial charge in [-0.25, -0.2) is 4.79 Å². The van der Waals surface area contributed by atoms with E-state index >= 15 is 0 Å². The van der Waals surface area contributed by atoms with Crippen LogP contribution in [0.25, 0.3) is 10.7 Å². The first-order valence-electron chi connectivity index (χ1n) is 5.46. The third kappa shape index (κ3) is 2.23. The van der Waals surface area contributed by atoms with Crippen molar-refractivity contribution in [3.63, 3.8) is 0 Å². The highest BCUT2D eigenvalue weighted by Crippen LogP contribution is 2.28. The normalized spacial score (nSPS) is 12.8. The van der Waals surface area contributed by atoms with E-state index in [4.69, 9.17) is 12.2 Å². The first kappa shape index (κ1) is 13.0. The Morgan fingerprint density at radius 1 is 1.61 bits per heavy atom. The number of carboxylic acid groups (broad SMARTS) is 1. The molecule has 0 aromatic carbocycles. The molecule has 0 aliphatic rings. The average molecular weight is 283 g/mol. The minimum atomic E-state index is -0.902. The highest BCUT2D eigenvalue weighted by atomic mass is 32.1. The Balaban J connectivity index is 2.60. The van der Waals surface area contributed by atoms with Crippen molar-refractivity contribution in [3.05, 3.63) is 22.3 Å². The molecule has 0 spiro atoms. The third-order valence-electron chi connectivity index (χ3n) is 2.61. The summed E-state index contributed by atoms with van der Waals surface area (Å²) in [4.78, 5) is 12.3. The van der Waals surface area contributed by atoms with Gasteiger partial charge in [0.05, 0.1) is 4.88 Å². The Hall–Kier alpha value is -1.47. The monoisotopic (exact) mass is 283 g/mol. The molecule has 0 bridgehead atoms. The van der Waals surface area contributed by atoms with Gasteiger partial charge in [0.2, 0.25) is 0 Å². The van der Waals surface area contributed by atoms with Crippen LogP contribution < -0.4 is 0 Å². The smallest absolute Gasteiger partial charge is 0.327 e. The van der Waals surface area contributed by atoms with E-state index in [0.717, 1.165) is 4.88 Å². The Bertz CT molecular complexity index is 598. The number of hydrogen-bond donors (Lipinski definition) is 2. The van der Waals surface area contributed by atoms with Crippen LogP contribution in [0, 0.1) is 10.7 Å². The lowest BCUT2D eigenvalue weighted by molar-refractivity contribution is -0.142. The predicted octanol–water partition coefficient (Wildman–Crippen LogP) is 2.95. The fourth-order valence-corrected chi connectivity index (χ4v) is 2.79. The van der Waals surface area contributed by atoms with E-state index in [1.54, 1.807) is 4.57 Å². The molecule has 0 amide bonds. The quantitative estimate of drug-likeness (QED) is 0.846. The average Bonchev–Trinajstić information content (AvgIpc) is 2.88. The van der Waals surface area contributed by atoms with Gasteiger partial charge in [0.15, 0.2) is 10.6 Å². The molecule has 0 saturated carbocycles. The van der Waals surface area contributed by atoms with Crippen LogP contribution in [-0.4, -0.2) is 25.8 Å². The van der Waals surface area contributed by atoms with Crippen molar-refractivity contribution >= 4 is 29.5 Å². The van der Waals surface area contributed by atoms with Crippen LogP contribution in [0.2, 0.25) is 0 Å². The van der Waals surface area contributed by atoms with Gasteiger partial charge in [-0.3, -0.25) is 9.67 Å². The first-order chi connectivity index (χ1) is 8.52. The van der Waals surface area contributed by atoms with E-state index in [1.807, 2.05) is 31.4 Å². The van der Waals surface area contributed by atoms with Crippen LogP contribution in [0.1, 0.15) is 19.9 Å². The van der Waals surface area contributed by atoms with Crippen LogP contribution in [0.4, 0.5) is 0 Å². The molecule has 0 aliphatic heterocycles.